The van der Waals surface area contributed by atoms with Crippen LogP contribution in [0, 0.1) is 16.7 Å². The standard InChI is InChI=1S/C34H57NO5Si/c1-14-33(10)27(34(11)20-18-28(33)39-34)16-15-25(8)17-19-32(9)21-26(38-31(37)35(12)13)29(30(32)36)40-41(22(2)3,23(4)5)24(6)7/h14,17,22-24,27-28H,1,15-16,18-21H2,2-13H3/b25-17+/t27-,28-,32-,33-,34-/m0/s1. The van der Waals surface area contributed by atoms with Crippen molar-refractivity contribution in [3.63, 3.8) is 0 Å². The number of hydrogen-bond acceptors (Lipinski definition) is 5. The molecule has 0 aromatic rings. The minimum atomic E-state index is -2.44. The fourth-order valence-corrected chi connectivity index (χ4v) is 13.5. The van der Waals surface area contributed by atoms with Gasteiger partial charge in [-0.25, -0.2) is 4.79 Å². The van der Waals surface area contributed by atoms with Gasteiger partial charge in [-0.05, 0) is 68.5 Å². The van der Waals surface area contributed by atoms with Crippen molar-refractivity contribution in [2.45, 2.75) is 136 Å². The highest BCUT2D eigenvalue weighted by atomic mass is 28.4. The molecule has 2 heterocycles. The number of carbonyl (C=O) groups is 2. The van der Waals surface area contributed by atoms with Crippen molar-refractivity contribution in [2.75, 3.05) is 14.1 Å². The quantitative estimate of drug-likeness (QED) is 0.168. The maximum atomic E-state index is 14.1. The summed E-state index contributed by atoms with van der Waals surface area (Å²) in [4.78, 5) is 28.2. The summed E-state index contributed by atoms with van der Waals surface area (Å²) < 4.78 is 19.2. The van der Waals surface area contributed by atoms with Gasteiger partial charge in [-0.1, -0.05) is 73.1 Å². The highest BCUT2D eigenvalue weighted by Crippen LogP contribution is 2.60. The Kier molecular flexibility index (Phi) is 9.87. The number of ether oxygens (including phenoxy) is 2. The second kappa shape index (κ2) is 12.0. The molecule has 3 aliphatic rings. The number of rotatable bonds is 12. The molecule has 2 fully saturated rings. The molecule has 1 aliphatic carbocycles. The molecule has 0 N–H and O–H groups in total. The molecule has 5 atom stereocenters. The highest BCUT2D eigenvalue weighted by Gasteiger charge is 2.61. The summed E-state index contributed by atoms with van der Waals surface area (Å²) in [5.41, 5.74) is 1.35. The van der Waals surface area contributed by atoms with Gasteiger partial charge in [0.05, 0.1) is 11.7 Å². The van der Waals surface area contributed by atoms with E-state index in [0.717, 1.165) is 25.7 Å². The van der Waals surface area contributed by atoms with Gasteiger partial charge in [-0.2, -0.15) is 0 Å². The molecule has 3 rings (SSSR count). The van der Waals surface area contributed by atoms with Crippen molar-refractivity contribution in [1.29, 1.82) is 0 Å². The van der Waals surface area contributed by atoms with E-state index in [9.17, 15) is 9.59 Å². The number of ketones is 1. The van der Waals surface area contributed by atoms with Crippen LogP contribution in [0.2, 0.25) is 16.6 Å². The highest BCUT2D eigenvalue weighted by molar-refractivity contribution is 6.78. The Bertz CT molecular complexity index is 1070. The average Bonchev–Trinajstić information content (AvgIpc) is 3.45. The third-order valence-corrected chi connectivity index (χ3v) is 16.8. The first-order valence-corrected chi connectivity index (χ1v) is 17.8. The molecule has 2 aliphatic heterocycles. The Labute approximate surface area is 251 Å². The molecule has 6 nitrogen and oxygen atoms in total. The van der Waals surface area contributed by atoms with E-state index in [-0.39, 0.29) is 28.7 Å². The van der Waals surface area contributed by atoms with Crippen LogP contribution in [0.4, 0.5) is 4.79 Å². The fourth-order valence-electron chi connectivity index (χ4n) is 8.19. The summed E-state index contributed by atoms with van der Waals surface area (Å²) in [6.45, 7) is 26.1. The molecule has 41 heavy (non-hydrogen) atoms. The molecule has 0 radical (unpaired) electrons. The lowest BCUT2D eigenvalue weighted by Gasteiger charge is -2.42. The second-order valence-corrected chi connectivity index (χ2v) is 20.3. The van der Waals surface area contributed by atoms with Crippen LogP contribution in [0.1, 0.15) is 108 Å². The monoisotopic (exact) mass is 587 g/mol. The minimum Gasteiger partial charge on any atom is -0.538 e. The van der Waals surface area contributed by atoms with Crippen LogP contribution in [-0.2, 0) is 18.7 Å². The number of allylic oxidation sites excluding steroid dienone is 4. The fraction of sp³-hybridized carbons (Fsp3) is 0.765. The first-order chi connectivity index (χ1) is 18.9. The van der Waals surface area contributed by atoms with Gasteiger partial charge >= 0.3 is 6.09 Å². The molecule has 232 valence electrons. The normalized spacial score (nSPS) is 32.1. The Morgan fingerprint density at radius 1 is 1.12 bits per heavy atom. The number of hydrogen-bond donors (Lipinski definition) is 0. The summed E-state index contributed by atoms with van der Waals surface area (Å²) in [6, 6.07) is 0. The Balaban J connectivity index is 1.82. The average molecular weight is 588 g/mol. The van der Waals surface area contributed by atoms with Crippen LogP contribution in [-0.4, -0.2) is 50.9 Å². The predicted molar refractivity (Wildman–Crippen MR) is 169 cm³/mol. The maximum absolute atomic E-state index is 14.1. The van der Waals surface area contributed by atoms with E-state index < -0.39 is 19.8 Å². The summed E-state index contributed by atoms with van der Waals surface area (Å²) in [5.74, 6) is 1.05. The van der Waals surface area contributed by atoms with Gasteiger partial charge in [0.25, 0.3) is 8.32 Å². The lowest BCUT2D eigenvalue weighted by molar-refractivity contribution is -0.124. The van der Waals surface area contributed by atoms with Crippen molar-refractivity contribution in [1.82, 2.24) is 4.90 Å². The van der Waals surface area contributed by atoms with Gasteiger partial charge < -0.3 is 18.8 Å². The molecule has 7 heteroatoms. The molecule has 0 saturated carbocycles. The van der Waals surface area contributed by atoms with Crippen LogP contribution in [0.3, 0.4) is 0 Å². The van der Waals surface area contributed by atoms with Crippen molar-refractivity contribution >= 4 is 20.2 Å². The Hall–Kier alpha value is -1.86. The molecule has 0 aromatic heterocycles. The molecule has 0 spiro atoms. The van der Waals surface area contributed by atoms with Gasteiger partial charge in [-0.3, -0.25) is 4.79 Å². The van der Waals surface area contributed by atoms with E-state index in [1.165, 1.54) is 10.5 Å². The molecule has 2 bridgehead atoms. The van der Waals surface area contributed by atoms with Crippen LogP contribution < -0.4 is 0 Å². The maximum Gasteiger partial charge on any atom is 0.414 e. The number of fused-ring (bicyclic) bond motifs is 2. The Morgan fingerprint density at radius 2 is 1.71 bits per heavy atom. The second-order valence-electron chi connectivity index (χ2n) is 14.9. The van der Waals surface area contributed by atoms with Gasteiger partial charge in [0.2, 0.25) is 5.78 Å². The number of Topliss-reactive ketones (excluding diaryl/α,β-unsaturated/α-hetero) is 1. The zero-order chi connectivity index (χ0) is 31.1. The van der Waals surface area contributed by atoms with Gasteiger partial charge in [0.15, 0.2) is 11.5 Å². The SMILES string of the molecule is C=C[C@]1(C)[C@@H]2CC[C@](C)(O2)[C@H]1CC/C(C)=C/C[C@@]1(C)CC(OC(=O)N(C)C)=C(O[Si](C(C)C)(C(C)C)C(C)C)C1=O. The van der Waals surface area contributed by atoms with E-state index in [1.54, 1.807) is 14.1 Å². The van der Waals surface area contributed by atoms with Crippen molar-refractivity contribution < 1.29 is 23.5 Å². The first kappa shape index (κ1) is 33.6. The van der Waals surface area contributed by atoms with E-state index in [0.29, 0.717) is 41.1 Å². The lowest BCUT2D eigenvalue weighted by atomic mass is 9.61. The summed E-state index contributed by atoms with van der Waals surface area (Å²) >= 11 is 0. The number of carbonyl (C=O) groups excluding carboxylic acids is 2. The van der Waals surface area contributed by atoms with E-state index in [1.807, 2.05) is 6.92 Å². The molecule has 1 amide bonds. The van der Waals surface area contributed by atoms with E-state index >= 15 is 0 Å². The summed E-state index contributed by atoms with van der Waals surface area (Å²) in [5, 5.41) is 0. The predicted octanol–water partition coefficient (Wildman–Crippen LogP) is 8.94. The zero-order valence-electron chi connectivity index (χ0n) is 28.0. The zero-order valence-corrected chi connectivity index (χ0v) is 29.0. The van der Waals surface area contributed by atoms with Crippen LogP contribution in [0.5, 0.6) is 0 Å². The van der Waals surface area contributed by atoms with Crippen molar-refractivity contribution in [2.24, 2.45) is 16.7 Å². The Morgan fingerprint density at radius 3 is 2.22 bits per heavy atom. The van der Waals surface area contributed by atoms with Crippen LogP contribution in [0.25, 0.3) is 0 Å². The number of nitrogens with zero attached hydrogens (tertiary/aromatic N) is 1. The van der Waals surface area contributed by atoms with Crippen molar-refractivity contribution in [3.05, 3.63) is 35.8 Å². The summed E-state index contributed by atoms with van der Waals surface area (Å²) in [6.07, 6.45) is 9.24. The minimum absolute atomic E-state index is 0.00167. The van der Waals surface area contributed by atoms with Crippen LogP contribution in [0.15, 0.2) is 35.8 Å². The number of amides is 1. The molecule has 2 saturated heterocycles. The molecule has 0 unspecified atom stereocenters. The third kappa shape index (κ3) is 6.00. The summed E-state index contributed by atoms with van der Waals surface area (Å²) in [7, 11) is 0.865. The van der Waals surface area contributed by atoms with Gasteiger partial charge in [0, 0.05) is 31.3 Å². The van der Waals surface area contributed by atoms with E-state index in [2.05, 4.69) is 81.0 Å². The van der Waals surface area contributed by atoms with Crippen molar-refractivity contribution in [3.8, 4) is 0 Å². The lowest BCUT2D eigenvalue weighted by Crippen LogP contribution is -2.48. The van der Waals surface area contributed by atoms with E-state index in [4.69, 9.17) is 13.9 Å². The van der Waals surface area contributed by atoms with Gasteiger partial charge in [0.1, 0.15) is 0 Å². The molecular weight excluding hydrogens is 530 g/mol. The van der Waals surface area contributed by atoms with Gasteiger partial charge in [-0.15, -0.1) is 6.58 Å². The molecular formula is C34H57NO5Si. The third-order valence-electron chi connectivity index (χ3n) is 10.8. The molecule has 0 aromatic carbocycles. The smallest absolute Gasteiger partial charge is 0.414 e. The largest absolute Gasteiger partial charge is 0.538 e. The van der Waals surface area contributed by atoms with Crippen LogP contribution >= 0.6 is 0 Å². The topological polar surface area (TPSA) is 65.1 Å². The first-order valence-electron chi connectivity index (χ1n) is 15.7.